The summed E-state index contributed by atoms with van der Waals surface area (Å²) < 4.78 is 30.6. The number of aliphatic carboxylic acids is 1. The SMILES string of the molecule is COc1ccc2cc1Oc1ccc(cc1)CC1c3cc(c(OC)cc3CCN1C)Oc1c(O)c(OC)cc3c1C(C2)[N+](C)(CC(=O)[O-])CC3.Cl.Cl. The molecule has 6 bridgehead atoms. The van der Waals surface area contributed by atoms with Crippen molar-refractivity contribution in [2.75, 3.05) is 55.1 Å². The number of benzene rings is 4. The summed E-state index contributed by atoms with van der Waals surface area (Å²) in [6.45, 7) is 1.19. The number of rotatable bonds is 5. The van der Waals surface area contributed by atoms with E-state index in [4.69, 9.17) is 23.7 Å². The van der Waals surface area contributed by atoms with Crippen molar-refractivity contribution >= 4 is 30.8 Å². The fourth-order valence-corrected chi connectivity index (χ4v) is 7.82. The van der Waals surface area contributed by atoms with Crippen LogP contribution in [-0.4, -0.2) is 75.5 Å². The van der Waals surface area contributed by atoms with Crippen molar-refractivity contribution < 1.29 is 43.2 Å². The van der Waals surface area contributed by atoms with Crippen molar-refractivity contribution in [1.82, 2.24) is 4.90 Å². The second-order valence-corrected chi connectivity index (χ2v) is 13.5. The number of halogens is 2. The maximum Gasteiger partial charge on any atom is 0.201 e. The molecular formula is C39H44Cl2N2O8. The van der Waals surface area contributed by atoms with Gasteiger partial charge >= 0.3 is 0 Å². The number of carbonyl (C=O) groups is 1. The molecule has 8 rings (SSSR count). The third-order valence-corrected chi connectivity index (χ3v) is 10.5. The molecule has 0 fully saturated rings. The molecular weight excluding hydrogens is 695 g/mol. The van der Waals surface area contributed by atoms with Crippen LogP contribution in [0.4, 0.5) is 0 Å². The number of carbonyl (C=O) groups excluding carboxylic acids is 1. The van der Waals surface area contributed by atoms with E-state index in [1.54, 1.807) is 14.2 Å². The smallest absolute Gasteiger partial charge is 0.201 e. The first-order chi connectivity index (χ1) is 23.6. The molecule has 3 unspecified atom stereocenters. The number of methoxy groups -OCH3 is 3. The lowest BCUT2D eigenvalue weighted by molar-refractivity contribution is -0.936. The van der Waals surface area contributed by atoms with Crippen molar-refractivity contribution in [2.45, 2.75) is 37.8 Å². The molecule has 0 saturated carbocycles. The van der Waals surface area contributed by atoms with E-state index in [2.05, 4.69) is 24.1 Å². The van der Waals surface area contributed by atoms with Crippen molar-refractivity contribution in [3.8, 4) is 46.0 Å². The molecule has 3 atom stereocenters. The van der Waals surface area contributed by atoms with Crippen molar-refractivity contribution in [3.63, 3.8) is 0 Å². The molecule has 1 N–H and O–H groups in total. The molecule has 0 radical (unpaired) electrons. The van der Waals surface area contributed by atoms with Crippen molar-refractivity contribution in [3.05, 3.63) is 94.0 Å². The van der Waals surface area contributed by atoms with Crippen LogP contribution < -0.4 is 28.8 Å². The highest BCUT2D eigenvalue weighted by Crippen LogP contribution is 2.53. The number of carboxylic acid groups (broad SMARTS) is 1. The summed E-state index contributed by atoms with van der Waals surface area (Å²) in [6, 6.07) is 19.4. The summed E-state index contributed by atoms with van der Waals surface area (Å²) in [5, 5.41) is 24.1. The molecule has 4 heterocycles. The monoisotopic (exact) mass is 738 g/mol. The Hall–Kier alpha value is -4.35. The molecule has 12 heteroatoms. The zero-order valence-electron chi connectivity index (χ0n) is 29.4. The Kier molecular flexibility index (Phi) is 11.2. The average Bonchev–Trinajstić information content (AvgIpc) is 3.08. The molecule has 4 aliphatic heterocycles. The highest BCUT2D eigenvalue weighted by atomic mass is 35.5. The Morgan fingerprint density at radius 2 is 1.53 bits per heavy atom. The number of phenols is 1. The number of likely N-dealkylation sites (N-methyl/N-ethyl adjacent to an activating group) is 2. The van der Waals surface area contributed by atoms with Crippen LogP contribution in [0.25, 0.3) is 0 Å². The second kappa shape index (κ2) is 15.1. The Balaban J connectivity index is 0.00000252. The van der Waals surface area contributed by atoms with Gasteiger partial charge in [0.05, 0.1) is 46.5 Å². The number of ether oxygens (including phenoxy) is 5. The van der Waals surface area contributed by atoms with Gasteiger partial charge in [0, 0.05) is 25.4 Å². The average molecular weight is 740 g/mol. The lowest BCUT2D eigenvalue weighted by Gasteiger charge is -2.46. The minimum Gasteiger partial charge on any atom is -0.544 e. The highest BCUT2D eigenvalue weighted by Gasteiger charge is 2.43. The number of phenolic OH excluding ortho intramolecular Hbond substituents is 1. The molecule has 0 saturated heterocycles. The normalized spacial score (nSPS) is 20.5. The first-order valence-corrected chi connectivity index (χ1v) is 16.6. The summed E-state index contributed by atoms with van der Waals surface area (Å²) in [6.07, 6.45) is 2.57. The molecule has 0 amide bonds. The molecule has 10 nitrogen and oxygen atoms in total. The van der Waals surface area contributed by atoms with E-state index in [-0.39, 0.29) is 59.1 Å². The van der Waals surface area contributed by atoms with Gasteiger partial charge in [0.2, 0.25) is 5.75 Å². The van der Waals surface area contributed by atoms with E-state index in [9.17, 15) is 15.0 Å². The number of nitrogens with zero attached hydrogens (tertiary/aromatic N) is 2. The third-order valence-electron chi connectivity index (χ3n) is 10.5. The second-order valence-electron chi connectivity index (χ2n) is 13.5. The Morgan fingerprint density at radius 1 is 0.863 bits per heavy atom. The summed E-state index contributed by atoms with van der Waals surface area (Å²) in [5.41, 5.74) is 5.99. The summed E-state index contributed by atoms with van der Waals surface area (Å²) in [7, 11) is 8.78. The lowest BCUT2D eigenvalue weighted by Crippen LogP contribution is -2.56. The fraction of sp³-hybridized carbons (Fsp3) is 0.359. The van der Waals surface area contributed by atoms with Gasteiger partial charge in [0.15, 0.2) is 34.5 Å². The largest absolute Gasteiger partial charge is 0.544 e. The van der Waals surface area contributed by atoms with Gasteiger partial charge in [-0.25, -0.2) is 0 Å². The van der Waals surface area contributed by atoms with Crippen molar-refractivity contribution in [1.29, 1.82) is 0 Å². The predicted molar refractivity (Wildman–Crippen MR) is 196 cm³/mol. The number of carboxylic acids is 1. The van der Waals surface area contributed by atoms with Gasteiger partial charge in [-0.1, -0.05) is 18.2 Å². The zero-order chi connectivity index (χ0) is 34.4. The molecule has 0 aromatic heterocycles. The predicted octanol–water partition coefficient (Wildman–Crippen LogP) is 5.97. The summed E-state index contributed by atoms with van der Waals surface area (Å²) >= 11 is 0. The molecule has 0 spiro atoms. The van der Waals surface area contributed by atoms with Gasteiger partial charge in [-0.05, 0) is 90.2 Å². The van der Waals surface area contributed by atoms with Gasteiger partial charge in [-0.15, -0.1) is 24.8 Å². The maximum atomic E-state index is 12.3. The zero-order valence-corrected chi connectivity index (χ0v) is 31.0. The van der Waals surface area contributed by atoms with Crippen LogP contribution in [0.15, 0.2) is 60.7 Å². The van der Waals surface area contributed by atoms with E-state index in [1.807, 2.05) is 55.6 Å². The Labute approximate surface area is 310 Å². The van der Waals surface area contributed by atoms with E-state index in [0.717, 1.165) is 47.2 Å². The van der Waals surface area contributed by atoms with Crippen molar-refractivity contribution in [2.24, 2.45) is 0 Å². The minimum absolute atomic E-state index is 0. The van der Waals surface area contributed by atoms with Crippen LogP contribution in [0.3, 0.4) is 0 Å². The molecule has 4 aliphatic rings. The van der Waals surface area contributed by atoms with E-state index >= 15 is 0 Å². The molecule has 4 aromatic rings. The maximum absolute atomic E-state index is 12.3. The molecule has 51 heavy (non-hydrogen) atoms. The summed E-state index contributed by atoms with van der Waals surface area (Å²) in [5.74, 6) is 2.00. The first kappa shape index (κ1) is 37.9. The Bertz CT molecular complexity index is 1920. The fourth-order valence-electron chi connectivity index (χ4n) is 7.82. The number of fused-ring (bicyclic) bond motifs is 2. The van der Waals surface area contributed by atoms with Gasteiger partial charge in [-0.3, -0.25) is 4.90 Å². The lowest BCUT2D eigenvalue weighted by atomic mass is 9.85. The van der Waals surface area contributed by atoms with Gasteiger partial charge < -0.3 is 43.2 Å². The van der Waals surface area contributed by atoms with E-state index in [0.29, 0.717) is 48.1 Å². The Morgan fingerprint density at radius 3 is 2.22 bits per heavy atom. The van der Waals surface area contributed by atoms with Gasteiger partial charge in [0.25, 0.3) is 0 Å². The van der Waals surface area contributed by atoms with Crippen LogP contribution in [0, 0.1) is 0 Å². The minimum atomic E-state index is -1.15. The highest BCUT2D eigenvalue weighted by molar-refractivity contribution is 5.85. The molecule has 272 valence electrons. The van der Waals surface area contributed by atoms with Crippen LogP contribution in [0.5, 0.6) is 46.0 Å². The first-order valence-electron chi connectivity index (χ1n) is 16.6. The number of hydrogen-bond donors (Lipinski definition) is 1. The number of aromatic hydroxyl groups is 1. The standard InChI is InChI=1S/C39H42N2O8.2ClH/c1-40-14-12-25-19-32(46-4)34-21-28(25)29(40)16-23-6-9-27(10-7-23)48-33-18-24(8-11-31(33)45-3)17-30-37-26(13-15-41(30,2)22-36(42)43)20-35(47-5)38(44)39(37)49-34;;/h6-11,18-21,29-30H,12-17,22H2,1-5H3,(H-,42,43,44);2*1H. The van der Waals surface area contributed by atoms with E-state index in [1.165, 1.54) is 12.7 Å². The molecule has 4 aromatic carbocycles. The summed E-state index contributed by atoms with van der Waals surface area (Å²) in [4.78, 5) is 14.6. The van der Waals surface area contributed by atoms with Crippen LogP contribution in [0.2, 0.25) is 0 Å². The van der Waals surface area contributed by atoms with Crippen LogP contribution >= 0.6 is 24.8 Å². The van der Waals surface area contributed by atoms with Gasteiger partial charge in [-0.2, -0.15) is 0 Å². The number of hydrogen-bond acceptors (Lipinski definition) is 9. The van der Waals surface area contributed by atoms with Crippen LogP contribution in [0.1, 0.15) is 45.5 Å². The third kappa shape index (κ3) is 7.10. The van der Waals surface area contributed by atoms with Crippen LogP contribution in [-0.2, 0) is 30.5 Å². The van der Waals surface area contributed by atoms with Gasteiger partial charge in [0.1, 0.15) is 18.3 Å². The van der Waals surface area contributed by atoms with E-state index < -0.39 is 12.0 Å². The quantitative estimate of drug-likeness (QED) is 0.248. The topological polar surface area (TPSA) is 110 Å². The number of quaternary nitrogens is 1. The molecule has 0 aliphatic carbocycles.